The zero-order valence-corrected chi connectivity index (χ0v) is 15.0. The van der Waals surface area contributed by atoms with E-state index in [1.54, 1.807) is 27.5 Å². The van der Waals surface area contributed by atoms with Crippen molar-refractivity contribution in [1.82, 2.24) is 0 Å². The third kappa shape index (κ3) is 4.07. The van der Waals surface area contributed by atoms with Crippen LogP contribution in [0.1, 0.15) is 37.3 Å². The Morgan fingerprint density at radius 2 is 1.54 bits per heavy atom. The van der Waals surface area contributed by atoms with E-state index in [0.29, 0.717) is 23.2 Å². The van der Waals surface area contributed by atoms with Crippen molar-refractivity contribution >= 4 is 11.9 Å². The maximum atomic E-state index is 5.36. The maximum absolute atomic E-state index is 5.36. The average molecular weight is 327 g/mol. The van der Waals surface area contributed by atoms with Crippen molar-refractivity contribution in [2.24, 2.45) is 4.99 Å². The molecular weight excluding hydrogens is 302 g/mol. The Bertz CT molecular complexity index is 668. The van der Waals surface area contributed by atoms with Gasteiger partial charge in [0.25, 0.3) is 0 Å². The van der Waals surface area contributed by atoms with Crippen LogP contribution in [0.2, 0.25) is 0 Å². The molecule has 0 aromatic heterocycles. The summed E-state index contributed by atoms with van der Waals surface area (Å²) in [6, 6.07) is 12.1. The van der Waals surface area contributed by atoms with E-state index in [2.05, 4.69) is 31.0 Å². The number of ether oxygens (including phenoxy) is 3. The fourth-order valence-electron chi connectivity index (χ4n) is 2.45. The second-order valence-electron chi connectivity index (χ2n) is 5.62. The Balaban J connectivity index is 2.25. The summed E-state index contributed by atoms with van der Waals surface area (Å²) < 4.78 is 16.0. The van der Waals surface area contributed by atoms with Gasteiger partial charge in [-0.2, -0.15) is 0 Å². The van der Waals surface area contributed by atoms with Gasteiger partial charge < -0.3 is 14.2 Å². The highest BCUT2D eigenvalue weighted by Crippen LogP contribution is 2.37. The van der Waals surface area contributed by atoms with E-state index in [1.807, 2.05) is 24.3 Å². The molecule has 0 saturated heterocycles. The minimum Gasteiger partial charge on any atom is -0.493 e. The number of nitrogens with zero attached hydrogens (tertiary/aromatic N) is 1. The van der Waals surface area contributed by atoms with E-state index >= 15 is 0 Å². The van der Waals surface area contributed by atoms with Crippen LogP contribution in [0.15, 0.2) is 41.4 Å². The highest BCUT2D eigenvalue weighted by Gasteiger charge is 2.12. The Morgan fingerprint density at radius 3 is 2.00 bits per heavy atom. The third-order valence-corrected chi connectivity index (χ3v) is 4.12. The molecule has 24 heavy (non-hydrogen) atoms. The lowest BCUT2D eigenvalue weighted by atomic mass is 9.99. The lowest BCUT2D eigenvalue weighted by molar-refractivity contribution is 0.324. The number of methoxy groups -OCH3 is 3. The predicted octanol–water partition coefficient (Wildman–Crippen LogP) is 4.98. The summed E-state index contributed by atoms with van der Waals surface area (Å²) in [7, 11) is 4.80. The highest BCUT2D eigenvalue weighted by molar-refractivity contribution is 5.84. The molecule has 0 heterocycles. The lowest BCUT2D eigenvalue weighted by Crippen LogP contribution is -1.96. The summed E-state index contributed by atoms with van der Waals surface area (Å²) in [5, 5.41) is 0. The van der Waals surface area contributed by atoms with Crippen LogP contribution in [0.3, 0.4) is 0 Å². The van der Waals surface area contributed by atoms with Crippen molar-refractivity contribution in [3.63, 3.8) is 0 Å². The molecule has 0 saturated carbocycles. The molecule has 0 spiro atoms. The van der Waals surface area contributed by atoms with Gasteiger partial charge in [-0.3, -0.25) is 4.99 Å². The summed E-state index contributed by atoms with van der Waals surface area (Å²) >= 11 is 0. The van der Waals surface area contributed by atoms with Crippen molar-refractivity contribution in [3.8, 4) is 17.2 Å². The fourth-order valence-corrected chi connectivity index (χ4v) is 2.45. The SMILES string of the molecule is CCC(C)c1ccc(N=Cc2cc(OC)c(OC)c(OC)c2)cc1. The Labute approximate surface area is 144 Å². The van der Waals surface area contributed by atoms with E-state index in [1.165, 1.54) is 5.56 Å². The molecule has 4 nitrogen and oxygen atoms in total. The van der Waals surface area contributed by atoms with E-state index < -0.39 is 0 Å². The highest BCUT2D eigenvalue weighted by atomic mass is 16.5. The van der Waals surface area contributed by atoms with Crippen LogP contribution in [0, 0.1) is 0 Å². The topological polar surface area (TPSA) is 40.0 Å². The summed E-state index contributed by atoms with van der Waals surface area (Å²) in [5.41, 5.74) is 3.13. The summed E-state index contributed by atoms with van der Waals surface area (Å²) in [4.78, 5) is 4.53. The third-order valence-electron chi connectivity index (χ3n) is 4.12. The second kappa shape index (κ2) is 8.39. The van der Waals surface area contributed by atoms with Crippen LogP contribution in [0.5, 0.6) is 17.2 Å². The summed E-state index contributed by atoms with van der Waals surface area (Å²) in [6.07, 6.45) is 2.93. The molecular formula is C20H25NO3. The number of rotatable bonds is 7. The number of hydrogen-bond donors (Lipinski definition) is 0. The molecule has 0 N–H and O–H groups in total. The largest absolute Gasteiger partial charge is 0.493 e. The molecule has 1 unspecified atom stereocenters. The standard InChI is InChI=1S/C20H25NO3/c1-6-14(2)16-7-9-17(10-8-16)21-13-15-11-18(22-3)20(24-5)19(12-15)23-4/h7-14H,6H2,1-5H3. The molecule has 0 fully saturated rings. The van der Waals surface area contributed by atoms with Crippen LogP contribution in [0.25, 0.3) is 0 Å². The van der Waals surface area contributed by atoms with E-state index in [0.717, 1.165) is 17.7 Å². The molecule has 0 aliphatic rings. The molecule has 0 aliphatic carbocycles. The quantitative estimate of drug-likeness (QED) is 0.674. The second-order valence-corrected chi connectivity index (χ2v) is 5.62. The van der Waals surface area contributed by atoms with Crippen LogP contribution in [-0.2, 0) is 0 Å². The zero-order valence-electron chi connectivity index (χ0n) is 15.0. The first-order chi connectivity index (χ1) is 11.6. The number of benzene rings is 2. The van der Waals surface area contributed by atoms with E-state index in [9.17, 15) is 0 Å². The van der Waals surface area contributed by atoms with E-state index in [4.69, 9.17) is 14.2 Å². The molecule has 4 heteroatoms. The van der Waals surface area contributed by atoms with Crippen molar-refractivity contribution in [3.05, 3.63) is 47.5 Å². The van der Waals surface area contributed by atoms with Gasteiger partial charge in [-0.15, -0.1) is 0 Å². The van der Waals surface area contributed by atoms with Crippen LogP contribution in [0.4, 0.5) is 5.69 Å². The normalized spacial score (nSPS) is 12.2. The van der Waals surface area contributed by atoms with Crippen molar-refractivity contribution in [2.75, 3.05) is 21.3 Å². The first kappa shape index (κ1) is 17.9. The molecule has 0 radical (unpaired) electrons. The minimum absolute atomic E-state index is 0.568. The van der Waals surface area contributed by atoms with Gasteiger partial charge in [0.2, 0.25) is 5.75 Å². The molecule has 2 rings (SSSR count). The predicted molar refractivity (Wildman–Crippen MR) is 98.5 cm³/mol. The molecule has 128 valence electrons. The van der Waals surface area contributed by atoms with Gasteiger partial charge in [-0.25, -0.2) is 0 Å². The van der Waals surface area contributed by atoms with Gasteiger partial charge in [0.05, 0.1) is 27.0 Å². The molecule has 0 bridgehead atoms. The van der Waals surface area contributed by atoms with Gasteiger partial charge in [0, 0.05) is 11.8 Å². The average Bonchev–Trinajstić information content (AvgIpc) is 2.65. The van der Waals surface area contributed by atoms with Gasteiger partial charge in [0.15, 0.2) is 11.5 Å². The Kier molecular flexibility index (Phi) is 6.24. The van der Waals surface area contributed by atoms with E-state index in [-0.39, 0.29) is 0 Å². The van der Waals surface area contributed by atoms with Crippen molar-refractivity contribution in [1.29, 1.82) is 0 Å². The van der Waals surface area contributed by atoms with Crippen molar-refractivity contribution < 1.29 is 14.2 Å². The zero-order chi connectivity index (χ0) is 17.5. The molecule has 0 aliphatic heterocycles. The number of aliphatic imine (C=N–C) groups is 1. The summed E-state index contributed by atoms with van der Waals surface area (Å²) in [6.45, 7) is 4.43. The van der Waals surface area contributed by atoms with Gasteiger partial charge in [-0.05, 0) is 42.2 Å². The molecule has 2 aromatic rings. The maximum Gasteiger partial charge on any atom is 0.203 e. The van der Waals surface area contributed by atoms with Crippen LogP contribution in [-0.4, -0.2) is 27.5 Å². The minimum atomic E-state index is 0.568. The first-order valence-corrected chi connectivity index (χ1v) is 8.07. The first-order valence-electron chi connectivity index (χ1n) is 8.07. The number of hydrogen-bond acceptors (Lipinski definition) is 4. The Hall–Kier alpha value is -2.49. The monoisotopic (exact) mass is 327 g/mol. The van der Waals surface area contributed by atoms with Crippen LogP contribution < -0.4 is 14.2 Å². The van der Waals surface area contributed by atoms with Gasteiger partial charge in [-0.1, -0.05) is 26.0 Å². The van der Waals surface area contributed by atoms with Gasteiger partial charge in [0.1, 0.15) is 0 Å². The Morgan fingerprint density at radius 1 is 0.958 bits per heavy atom. The smallest absolute Gasteiger partial charge is 0.203 e. The van der Waals surface area contributed by atoms with Crippen molar-refractivity contribution in [2.45, 2.75) is 26.2 Å². The fraction of sp³-hybridized carbons (Fsp3) is 0.350. The molecule has 0 amide bonds. The van der Waals surface area contributed by atoms with Gasteiger partial charge >= 0.3 is 0 Å². The molecule has 1 atom stereocenters. The molecule has 2 aromatic carbocycles. The van der Waals surface area contributed by atoms with Crippen LogP contribution >= 0.6 is 0 Å². The lowest BCUT2D eigenvalue weighted by Gasteiger charge is -2.12. The summed E-state index contributed by atoms with van der Waals surface area (Å²) in [5.74, 6) is 2.38.